The Morgan fingerprint density at radius 1 is 1.47 bits per heavy atom. The van der Waals surface area contributed by atoms with Crippen LogP contribution in [0.15, 0.2) is 24.3 Å². The molecule has 1 aromatic rings. The molecule has 3 atom stereocenters. The van der Waals surface area contributed by atoms with Crippen LogP contribution in [0.1, 0.15) is 32.3 Å². The zero-order chi connectivity index (χ0) is 12.5. The number of benzene rings is 1. The maximum Gasteiger partial charge on any atom is 0.128 e. The molecule has 3 heteroatoms. The molecule has 3 unspecified atom stereocenters. The molecule has 0 saturated heterocycles. The van der Waals surface area contributed by atoms with Crippen LogP contribution in [-0.2, 0) is 11.3 Å². The van der Waals surface area contributed by atoms with Crippen molar-refractivity contribution >= 4 is 11.6 Å². The van der Waals surface area contributed by atoms with Crippen molar-refractivity contribution in [3.05, 3.63) is 35.6 Å². The summed E-state index contributed by atoms with van der Waals surface area (Å²) in [7, 11) is 0. The van der Waals surface area contributed by atoms with Gasteiger partial charge in [0.05, 0.1) is 12.7 Å². The summed E-state index contributed by atoms with van der Waals surface area (Å²) in [6.45, 7) is 4.59. The molecule has 0 amide bonds. The highest BCUT2D eigenvalue weighted by Gasteiger charge is 2.50. The Morgan fingerprint density at radius 3 is 2.76 bits per heavy atom. The first kappa shape index (κ1) is 12.8. The van der Waals surface area contributed by atoms with Gasteiger partial charge in [0.1, 0.15) is 5.82 Å². The molecule has 0 bridgehead atoms. The van der Waals surface area contributed by atoms with Crippen molar-refractivity contribution < 1.29 is 9.13 Å². The van der Waals surface area contributed by atoms with Gasteiger partial charge in [-0.25, -0.2) is 4.39 Å². The molecule has 1 aromatic carbocycles. The van der Waals surface area contributed by atoms with Gasteiger partial charge < -0.3 is 4.74 Å². The fourth-order valence-corrected chi connectivity index (χ4v) is 2.74. The van der Waals surface area contributed by atoms with Crippen molar-refractivity contribution in [1.82, 2.24) is 0 Å². The van der Waals surface area contributed by atoms with E-state index >= 15 is 0 Å². The summed E-state index contributed by atoms with van der Waals surface area (Å²) in [5.74, 6) is -0.201. The van der Waals surface area contributed by atoms with Crippen molar-refractivity contribution in [2.45, 2.75) is 44.8 Å². The second-order valence-electron chi connectivity index (χ2n) is 4.95. The summed E-state index contributed by atoms with van der Waals surface area (Å²) in [6, 6.07) is 6.73. The predicted molar refractivity (Wildman–Crippen MR) is 67.6 cm³/mol. The van der Waals surface area contributed by atoms with E-state index in [1.54, 1.807) is 12.1 Å². The van der Waals surface area contributed by atoms with Gasteiger partial charge in [-0.15, -0.1) is 11.6 Å². The molecule has 2 rings (SSSR count). The minimum Gasteiger partial charge on any atom is -0.373 e. The quantitative estimate of drug-likeness (QED) is 0.736. The SMILES string of the molecule is CCC1(C)C(Cl)CC1OCc1ccccc1F. The molecule has 94 valence electrons. The normalized spacial score (nSPS) is 32.2. The first-order valence-electron chi connectivity index (χ1n) is 6.07. The van der Waals surface area contributed by atoms with Gasteiger partial charge in [-0.2, -0.15) is 0 Å². The van der Waals surface area contributed by atoms with Crippen molar-refractivity contribution in [3.63, 3.8) is 0 Å². The Bertz CT molecular complexity index is 396. The van der Waals surface area contributed by atoms with Gasteiger partial charge in [-0.05, 0) is 18.9 Å². The lowest BCUT2D eigenvalue weighted by Crippen LogP contribution is -2.53. The minimum absolute atomic E-state index is 0.0345. The molecule has 1 saturated carbocycles. The van der Waals surface area contributed by atoms with Crippen LogP contribution < -0.4 is 0 Å². The lowest BCUT2D eigenvalue weighted by atomic mass is 9.65. The van der Waals surface area contributed by atoms with Crippen molar-refractivity contribution in [2.24, 2.45) is 5.41 Å². The van der Waals surface area contributed by atoms with Gasteiger partial charge in [0.25, 0.3) is 0 Å². The average molecular weight is 257 g/mol. The van der Waals surface area contributed by atoms with E-state index in [1.165, 1.54) is 6.07 Å². The molecule has 17 heavy (non-hydrogen) atoms. The smallest absolute Gasteiger partial charge is 0.128 e. The maximum atomic E-state index is 13.4. The van der Waals surface area contributed by atoms with Crippen LogP contribution in [0.25, 0.3) is 0 Å². The van der Waals surface area contributed by atoms with Crippen molar-refractivity contribution in [3.8, 4) is 0 Å². The third kappa shape index (κ3) is 2.34. The summed E-state index contributed by atoms with van der Waals surface area (Å²) in [5.41, 5.74) is 0.649. The number of ether oxygens (including phenoxy) is 1. The second-order valence-corrected chi connectivity index (χ2v) is 5.48. The molecule has 1 aliphatic carbocycles. The molecule has 0 spiro atoms. The van der Waals surface area contributed by atoms with E-state index < -0.39 is 0 Å². The van der Waals surface area contributed by atoms with Crippen LogP contribution in [0.4, 0.5) is 4.39 Å². The van der Waals surface area contributed by atoms with E-state index in [4.69, 9.17) is 16.3 Å². The summed E-state index contributed by atoms with van der Waals surface area (Å²) < 4.78 is 19.2. The summed E-state index contributed by atoms with van der Waals surface area (Å²) in [4.78, 5) is 0. The number of hydrogen-bond donors (Lipinski definition) is 0. The Hall–Kier alpha value is -0.600. The molecule has 1 aliphatic rings. The Balaban J connectivity index is 1.94. The highest BCUT2D eigenvalue weighted by Crippen LogP contribution is 2.49. The first-order valence-corrected chi connectivity index (χ1v) is 6.50. The predicted octanol–water partition coefficient (Wildman–Crippen LogP) is 4.14. The van der Waals surface area contributed by atoms with Gasteiger partial charge in [-0.1, -0.05) is 32.0 Å². The second kappa shape index (κ2) is 4.95. The lowest BCUT2D eigenvalue weighted by molar-refractivity contribution is -0.108. The van der Waals surface area contributed by atoms with Crippen LogP contribution in [0, 0.1) is 11.2 Å². The van der Waals surface area contributed by atoms with E-state index in [1.807, 2.05) is 6.07 Å². The number of hydrogen-bond acceptors (Lipinski definition) is 1. The highest BCUT2D eigenvalue weighted by atomic mass is 35.5. The fourth-order valence-electron chi connectivity index (χ4n) is 2.28. The van der Waals surface area contributed by atoms with E-state index in [-0.39, 0.29) is 22.7 Å². The number of halogens is 2. The van der Waals surface area contributed by atoms with Gasteiger partial charge in [0.15, 0.2) is 0 Å². The van der Waals surface area contributed by atoms with E-state index in [0.717, 1.165) is 12.8 Å². The van der Waals surface area contributed by atoms with Crippen LogP contribution in [-0.4, -0.2) is 11.5 Å². The molecule has 1 nitrogen and oxygen atoms in total. The third-order valence-electron chi connectivity index (χ3n) is 4.03. The Labute approximate surface area is 107 Å². The zero-order valence-electron chi connectivity index (χ0n) is 10.2. The first-order chi connectivity index (χ1) is 8.08. The number of rotatable bonds is 4. The zero-order valence-corrected chi connectivity index (χ0v) is 11.0. The van der Waals surface area contributed by atoms with Crippen LogP contribution >= 0.6 is 11.6 Å². The minimum atomic E-state index is -0.201. The summed E-state index contributed by atoms with van der Waals surface area (Å²) >= 11 is 6.21. The molecule has 0 radical (unpaired) electrons. The Morgan fingerprint density at radius 2 is 2.18 bits per heavy atom. The molecule has 1 fully saturated rings. The molecule has 0 N–H and O–H groups in total. The van der Waals surface area contributed by atoms with E-state index in [0.29, 0.717) is 12.2 Å². The standard InChI is InChI=1S/C14H18ClFO/c1-3-14(2)12(15)8-13(14)17-9-10-6-4-5-7-11(10)16/h4-7,12-13H,3,8-9H2,1-2H3. The number of alkyl halides is 1. The molecule has 0 heterocycles. The summed E-state index contributed by atoms with van der Waals surface area (Å²) in [5, 5.41) is 0.179. The average Bonchev–Trinajstić information content (AvgIpc) is 2.35. The highest BCUT2D eigenvalue weighted by molar-refractivity contribution is 6.21. The van der Waals surface area contributed by atoms with Gasteiger partial charge in [-0.3, -0.25) is 0 Å². The van der Waals surface area contributed by atoms with Crippen molar-refractivity contribution in [2.75, 3.05) is 0 Å². The summed E-state index contributed by atoms with van der Waals surface area (Å²) in [6.07, 6.45) is 2.00. The Kier molecular flexibility index (Phi) is 3.74. The molecular weight excluding hydrogens is 239 g/mol. The van der Waals surface area contributed by atoms with Gasteiger partial charge in [0, 0.05) is 16.4 Å². The van der Waals surface area contributed by atoms with E-state index in [2.05, 4.69) is 13.8 Å². The molecule has 0 aliphatic heterocycles. The van der Waals surface area contributed by atoms with Crippen LogP contribution in [0.5, 0.6) is 0 Å². The van der Waals surface area contributed by atoms with E-state index in [9.17, 15) is 4.39 Å². The third-order valence-corrected chi connectivity index (χ3v) is 4.71. The maximum absolute atomic E-state index is 13.4. The topological polar surface area (TPSA) is 9.23 Å². The van der Waals surface area contributed by atoms with Crippen molar-refractivity contribution in [1.29, 1.82) is 0 Å². The van der Waals surface area contributed by atoms with Crippen LogP contribution in [0.2, 0.25) is 0 Å². The van der Waals surface area contributed by atoms with Gasteiger partial charge in [0.2, 0.25) is 0 Å². The fraction of sp³-hybridized carbons (Fsp3) is 0.571. The van der Waals surface area contributed by atoms with Gasteiger partial charge >= 0.3 is 0 Å². The monoisotopic (exact) mass is 256 g/mol. The van der Waals surface area contributed by atoms with Crippen LogP contribution in [0.3, 0.4) is 0 Å². The lowest BCUT2D eigenvalue weighted by Gasteiger charge is -2.50. The molecular formula is C14H18ClFO. The largest absolute Gasteiger partial charge is 0.373 e. The molecule has 0 aromatic heterocycles.